The molecular weight excluding hydrogens is 254 g/mol. The van der Waals surface area contributed by atoms with E-state index in [9.17, 15) is 0 Å². The highest BCUT2D eigenvalue weighted by Gasteiger charge is 2.34. The van der Waals surface area contributed by atoms with Crippen LogP contribution in [0.4, 0.5) is 0 Å². The van der Waals surface area contributed by atoms with Gasteiger partial charge in [0, 0.05) is 31.0 Å². The van der Waals surface area contributed by atoms with Crippen molar-refractivity contribution in [2.45, 2.75) is 64.3 Å². The zero-order chi connectivity index (χ0) is 14.4. The molecule has 1 unspecified atom stereocenters. The van der Waals surface area contributed by atoms with Crippen LogP contribution in [0.15, 0.2) is 12.4 Å². The highest BCUT2D eigenvalue weighted by molar-refractivity contribution is 5.04. The lowest BCUT2D eigenvalue weighted by atomic mass is 9.86. The first kappa shape index (κ1) is 15.5. The van der Waals surface area contributed by atoms with E-state index in [1.54, 1.807) is 4.68 Å². The number of rotatable bonds is 7. The minimum atomic E-state index is 0.0665. The monoisotopic (exact) mass is 281 g/mol. The summed E-state index contributed by atoms with van der Waals surface area (Å²) < 4.78 is 7.78. The van der Waals surface area contributed by atoms with Crippen LogP contribution in [-0.2, 0) is 17.8 Å². The Kier molecular flexibility index (Phi) is 5.57. The number of ether oxygens (including phenoxy) is 1. The normalized spacial score (nSPS) is 22.1. The molecule has 1 aromatic heterocycles. The molecule has 1 aliphatic heterocycles. The van der Waals surface area contributed by atoms with Gasteiger partial charge < -0.3 is 15.2 Å². The molecule has 5 heteroatoms. The molecule has 2 N–H and O–H groups in total. The highest BCUT2D eigenvalue weighted by atomic mass is 16.5. The Morgan fingerprint density at radius 3 is 3.00 bits per heavy atom. The van der Waals surface area contributed by atoms with Crippen molar-refractivity contribution in [3.63, 3.8) is 0 Å². The maximum Gasteiger partial charge on any atom is 0.0692 e. The minimum absolute atomic E-state index is 0.0665. The number of hydrogen-bond donors (Lipinski definition) is 2. The van der Waals surface area contributed by atoms with Crippen LogP contribution in [-0.4, -0.2) is 39.7 Å². The molecule has 2 rings (SSSR count). The smallest absolute Gasteiger partial charge is 0.0692 e. The van der Waals surface area contributed by atoms with Crippen LogP contribution in [0.5, 0.6) is 0 Å². The van der Waals surface area contributed by atoms with E-state index in [1.807, 2.05) is 12.4 Å². The Balaban J connectivity index is 1.83. The average molecular weight is 281 g/mol. The predicted molar refractivity (Wildman–Crippen MR) is 78.4 cm³/mol. The third-order valence-corrected chi connectivity index (χ3v) is 4.39. The number of nitrogens with one attached hydrogen (secondary N) is 1. The molecule has 1 aromatic rings. The molecule has 20 heavy (non-hydrogen) atoms. The number of nitrogens with zero attached hydrogens (tertiary/aromatic N) is 2. The fourth-order valence-corrected chi connectivity index (χ4v) is 2.93. The van der Waals surface area contributed by atoms with Gasteiger partial charge in [-0.25, -0.2) is 0 Å². The van der Waals surface area contributed by atoms with Gasteiger partial charge in [0.1, 0.15) is 0 Å². The van der Waals surface area contributed by atoms with Crippen molar-refractivity contribution < 1.29 is 9.84 Å². The zero-order valence-corrected chi connectivity index (χ0v) is 12.6. The summed E-state index contributed by atoms with van der Waals surface area (Å²) in [6.45, 7) is 6.80. The van der Waals surface area contributed by atoms with Gasteiger partial charge in [-0.3, -0.25) is 4.68 Å². The molecular formula is C15H27N3O2. The Bertz CT molecular complexity index is 402. The van der Waals surface area contributed by atoms with E-state index in [0.29, 0.717) is 12.6 Å². The van der Waals surface area contributed by atoms with Gasteiger partial charge in [-0.1, -0.05) is 13.8 Å². The largest absolute Gasteiger partial charge is 0.394 e. The van der Waals surface area contributed by atoms with Gasteiger partial charge in [-0.05, 0) is 25.7 Å². The lowest BCUT2D eigenvalue weighted by molar-refractivity contribution is -0.0932. The third-order valence-electron chi connectivity index (χ3n) is 4.39. The summed E-state index contributed by atoms with van der Waals surface area (Å²) in [4.78, 5) is 0. The van der Waals surface area contributed by atoms with E-state index in [1.165, 1.54) is 5.56 Å². The SMILES string of the molecule is CCC1(CC)CC(NCc2cnn(CCO)c2)CCO1. The number of aliphatic hydroxyl groups is 1. The molecule has 0 aliphatic carbocycles. The summed E-state index contributed by atoms with van der Waals surface area (Å²) in [6.07, 6.45) is 8.19. The molecule has 114 valence electrons. The van der Waals surface area contributed by atoms with Crippen molar-refractivity contribution in [3.8, 4) is 0 Å². The fraction of sp³-hybridized carbons (Fsp3) is 0.800. The number of hydrogen-bond acceptors (Lipinski definition) is 4. The molecule has 0 radical (unpaired) electrons. The first-order valence-corrected chi connectivity index (χ1v) is 7.71. The summed E-state index contributed by atoms with van der Waals surface area (Å²) in [6, 6.07) is 0.518. The van der Waals surface area contributed by atoms with Gasteiger partial charge >= 0.3 is 0 Å². The summed E-state index contributed by atoms with van der Waals surface area (Å²) in [5, 5.41) is 16.7. The average Bonchev–Trinajstić information content (AvgIpc) is 2.93. The predicted octanol–water partition coefficient (Wildman–Crippen LogP) is 1.70. The van der Waals surface area contributed by atoms with E-state index in [-0.39, 0.29) is 12.2 Å². The van der Waals surface area contributed by atoms with Crippen LogP contribution >= 0.6 is 0 Å². The molecule has 0 amide bonds. The molecule has 0 bridgehead atoms. The van der Waals surface area contributed by atoms with Gasteiger partial charge in [0.2, 0.25) is 0 Å². The molecule has 1 saturated heterocycles. The van der Waals surface area contributed by atoms with Gasteiger partial charge in [0.25, 0.3) is 0 Å². The lowest BCUT2D eigenvalue weighted by Crippen LogP contribution is -2.46. The van der Waals surface area contributed by atoms with Gasteiger partial charge in [0.05, 0.1) is 24.9 Å². The van der Waals surface area contributed by atoms with Crippen molar-refractivity contribution >= 4 is 0 Å². The van der Waals surface area contributed by atoms with E-state index >= 15 is 0 Å². The van der Waals surface area contributed by atoms with Crippen LogP contribution in [0.3, 0.4) is 0 Å². The van der Waals surface area contributed by atoms with Crippen LogP contribution in [0.1, 0.15) is 45.1 Å². The van der Waals surface area contributed by atoms with Crippen molar-refractivity contribution in [1.29, 1.82) is 0 Å². The number of aliphatic hydroxyl groups excluding tert-OH is 1. The van der Waals surface area contributed by atoms with Gasteiger partial charge in [-0.15, -0.1) is 0 Å². The van der Waals surface area contributed by atoms with E-state index in [4.69, 9.17) is 9.84 Å². The Hall–Kier alpha value is -0.910. The standard InChI is InChI=1S/C15H27N3O2/c1-3-15(4-2)9-14(5-8-20-15)16-10-13-11-17-18(12-13)6-7-19/h11-12,14,16,19H,3-10H2,1-2H3. The number of aromatic nitrogens is 2. The Labute approximate surface area is 121 Å². The van der Waals surface area contributed by atoms with Crippen molar-refractivity contribution in [2.75, 3.05) is 13.2 Å². The lowest BCUT2D eigenvalue weighted by Gasteiger charge is -2.40. The highest BCUT2D eigenvalue weighted by Crippen LogP contribution is 2.31. The molecule has 1 fully saturated rings. The van der Waals surface area contributed by atoms with Gasteiger partial charge in [-0.2, -0.15) is 5.10 Å². The molecule has 5 nitrogen and oxygen atoms in total. The molecule has 0 saturated carbocycles. The topological polar surface area (TPSA) is 59.3 Å². The Morgan fingerprint density at radius 2 is 2.30 bits per heavy atom. The molecule has 1 atom stereocenters. The molecule has 2 heterocycles. The third kappa shape index (κ3) is 3.81. The van der Waals surface area contributed by atoms with Crippen LogP contribution in [0.25, 0.3) is 0 Å². The minimum Gasteiger partial charge on any atom is -0.394 e. The summed E-state index contributed by atoms with van der Waals surface area (Å²) in [5.41, 5.74) is 1.24. The fourth-order valence-electron chi connectivity index (χ4n) is 2.93. The Morgan fingerprint density at radius 1 is 1.50 bits per heavy atom. The zero-order valence-electron chi connectivity index (χ0n) is 12.6. The maximum atomic E-state index is 8.88. The van der Waals surface area contributed by atoms with Crippen LogP contribution < -0.4 is 5.32 Å². The molecule has 1 aliphatic rings. The first-order valence-electron chi connectivity index (χ1n) is 7.71. The quantitative estimate of drug-likeness (QED) is 0.798. The summed E-state index contributed by atoms with van der Waals surface area (Å²) in [7, 11) is 0. The summed E-state index contributed by atoms with van der Waals surface area (Å²) in [5.74, 6) is 0. The van der Waals surface area contributed by atoms with Crippen molar-refractivity contribution in [2.24, 2.45) is 0 Å². The maximum absolute atomic E-state index is 8.88. The second-order valence-electron chi connectivity index (χ2n) is 5.64. The molecule has 0 spiro atoms. The van der Waals surface area contributed by atoms with Crippen molar-refractivity contribution in [3.05, 3.63) is 18.0 Å². The molecule has 0 aromatic carbocycles. The van der Waals surface area contributed by atoms with Crippen molar-refractivity contribution in [1.82, 2.24) is 15.1 Å². The second-order valence-corrected chi connectivity index (χ2v) is 5.64. The van der Waals surface area contributed by atoms with E-state index < -0.39 is 0 Å². The van der Waals surface area contributed by atoms with E-state index in [0.717, 1.165) is 38.8 Å². The second kappa shape index (κ2) is 7.20. The van der Waals surface area contributed by atoms with Crippen LogP contribution in [0, 0.1) is 0 Å². The first-order chi connectivity index (χ1) is 9.71. The summed E-state index contributed by atoms with van der Waals surface area (Å²) >= 11 is 0. The van der Waals surface area contributed by atoms with Crippen LogP contribution in [0.2, 0.25) is 0 Å². The van der Waals surface area contributed by atoms with E-state index in [2.05, 4.69) is 24.3 Å². The van der Waals surface area contributed by atoms with Gasteiger partial charge in [0.15, 0.2) is 0 Å².